The third-order valence-electron chi connectivity index (χ3n) is 30.4. The summed E-state index contributed by atoms with van der Waals surface area (Å²) in [4.78, 5) is 0. The second-order valence-electron chi connectivity index (χ2n) is 39.4. The summed E-state index contributed by atoms with van der Waals surface area (Å²) >= 11 is 0. The molecule has 2 aliphatic rings. The molecule has 2 aliphatic carbocycles. The van der Waals surface area contributed by atoms with Gasteiger partial charge in [0.15, 0.2) is 0 Å². The summed E-state index contributed by atoms with van der Waals surface area (Å²) in [7, 11) is 0. The van der Waals surface area contributed by atoms with Crippen LogP contribution in [0.3, 0.4) is 0 Å². The molecule has 26 aromatic rings. The highest BCUT2D eigenvalue weighted by Crippen LogP contribution is 2.49. The molecule has 0 bridgehead atoms. The maximum Gasteiger partial charge on any atom is 0.143 e. The van der Waals surface area contributed by atoms with E-state index in [0.717, 1.165) is 99.9 Å². The average Bonchev–Trinajstić information content (AvgIpc) is 1.60. The Morgan fingerprint density at radius 3 is 1.18 bits per heavy atom. The first-order valence-electron chi connectivity index (χ1n) is 51.2. The lowest BCUT2D eigenvalue weighted by molar-refractivity contribution is 0.442. The van der Waals surface area contributed by atoms with E-state index in [9.17, 15) is 0 Å². The highest BCUT2D eigenvalue weighted by Gasteiger charge is 2.28. The Bertz CT molecular complexity index is 9130. The third-order valence-corrected chi connectivity index (χ3v) is 30.4. The van der Waals surface area contributed by atoms with Gasteiger partial charge in [0, 0.05) is 108 Å². The molecular formula is C137H112O5. The molecule has 5 aromatic heterocycles. The van der Waals surface area contributed by atoms with Crippen LogP contribution >= 0.6 is 0 Å². The predicted octanol–water partition coefficient (Wildman–Crippen LogP) is 38.6. The van der Waals surface area contributed by atoms with Gasteiger partial charge in [0.25, 0.3) is 0 Å². The molecule has 0 atom stereocenters. The average molecular weight is 1840 g/mol. The Morgan fingerprint density at radius 1 is 0.225 bits per heavy atom. The van der Waals surface area contributed by atoms with E-state index >= 15 is 0 Å². The molecule has 0 aliphatic heterocycles. The van der Waals surface area contributed by atoms with Crippen LogP contribution in [0.5, 0.6) is 0 Å². The molecule has 5 heteroatoms. The molecular weight excluding hydrogens is 1730 g/mol. The number of hydrogen-bond acceptors (Lipinski definition) is 5. The Balaban J connectivity index is 0.0000000961. The summed E-state index contributed by atoms with van der Waals surface area (Å²) in [6.07, 6.45) is 18.6. The quantitative estimate of drug-likeness (QED) is 0.109. The first-order valence-corrected chi connectivity index (χ1v) is 51.2. The van der Waals surface area contributed by atoms with Crippen molar-refractivity contribution >= 4 is 164 Å². The van der Waals surface area contributed by atoms with Crippen molar-refractivity contribution in [1.82, 2.24) is 0 Å². The molecule has 0 saturated heterocycles. The lowest BCUT2D eigenvalue weighted by atomic mass is 9.81. The molecule has 0 N–H and O–H groups in total. The maximum absolute atomic E-state index is 6.75. The summed E-state index contributed by atoms with van der Waals surface area (Å²) in [5, 5.41) is 25.2. The van der Waals surface area contributed by atoms with Crippen molar-refractivity contribution in [3.8, 4) is 11.1 Å². The smallest absolute Gasteiger partial charge is 0.143 e. The molecule has 690 valence electrons. The fourth-order valence-corrected chi connectivity index (χ4v) is 23.2. The van der Waals surface area contributed by atoms with Crippen LogP contribution in [0.4, 0.5) is 0 Å². The van der Waals surface area contributed by atoms with Crippen LogP contribution in [-0.2, 0) is 38.5 Å². The standard InChI is InChI=1S/C30H22O.2C29H26O.C25H20O.C24H18O/c1-20-10-5-6-13-22(20)18-24-15-9-17-26-28-25-16-8-7-14-23(25)19-27(30(28)31-29(24)26)21-11-3-2-4-12-21;1-3-10-20(11-4-1)18-23-15-9-17-25-26-19-22-14-7-8-16-24(22)27(29(26)30-28(23)25)21-12-5-2-6-13-21;1-3-10-20(11-4-1)18-26-23-15-8-7-14-22(23)19-27-25-17-9-16-24(28(25)30-29(26)27)21-12-5-2-6-13-21;1-2-18-12-8-14-21-23-16-19-11-6-7-13-20(19)22(25(23)26-24(18)21)15-17-9-4-3-5-10-17;1-16-9-11-17(12-10-16)15-19-6-4-8-21-23-20-7-3-2-5-18(20)13-14-22(23)25-24(19)21/h2-17,19H,18H2,1H3;2*1,3-4,7-11,14-17,19,21H,2,5-6,12-13,18H2;3-14,16H,2,15H2,1H3;2-14H,15H2,1H3. The molecule has 0 amide bonds. The largest absolute Gasteiger partial charge is 0.456 e. The molecule has 28 rings (SSSR count). The van der Waals surface area contributed by atoms with E-state index in [0.29, 0.717) is 11.8 Å². The summed E-state index contributed by atoms with van der Waals surface area (Å²) in [6.45, 7) is 6.48. The molecule has 0 unspecified atom stereocenters. The van der Waals surface area contributed by atoms with Crippen molar-refractivity contribution in [3.63, 3.8) is 0 Å². The number of benzene rings is 21. The van der Waals surface area contributed by atoms with E-state index in [2.05, 4.69) is 439 Å². The lowest BCUT2D eigenvalue weighted by Gasteiger charge is -2.23. The van der Waals surface area contributed by atoms with Gasteiger partial charge in [0.2, 0.25) is 0 Å². The van der Waals surface area contributed by atoms with E-state index in [1.165, 1.54) is 261 Å². The Morgan fingerprint density at radius 2 is 0.606 bits per heavy atom. The van der Waals surface area contributed by atoms with E-state index < -0.39 is 0 Å². The number of rotatable bonds is 14. The minimum Gasteiger partial charge on any atom is -0.456 e. The van der Waals surface area contributed by atoms with Gasteiger partial charge in [-0.2, -0.15) is 0 Å². The molecule has 2 saturated carbocycles. The van der Waals surface area contributed by atoms with Gasteiger partial charge in [-0.15, -0.1) is 0 Å². The second kappa shape index (κ2) is 39.3. The van der Waals surface area contributed by atoms with Crippen LogP contribution < -0.4 is 0 Å². The van der Waals surface area contributed by atoms with Gasteiger partial charge in [-0.3, -0.25) is 0 Å². The fourth-order valence-electron chi connectivity index (χ4n) is 23.2. The maximum atomic E-state index is 6.75. The second-order valence-corrected chi connectivity index (χ2v) is 39.4. The van der Waals surface area contributed by atoms with Gasteiger partial charge in [-0.25, -0.2) is 0 Å². The first-order chi connectivity index (χ1) is 70.2. The van der Waals surface area contributed by atoms with Gasteiger partial charge in [-0.05, 0) is 209 Å². The summed E-state index contributed by atoms with van der Waals surface area (Å²) in [5.74, 6) is 1.24. The van der Waals surface area contributed by atoms with Gasteiger partial charge in [-0.1, -0.05) is 439 Å². The van der Waals surface area contributed by atoms with Crippen LogP contribution in [-0.4, -0.2) is 0 Å². The lowest BCUT2D eigenvalue weighted by Crippen LogP contribution is -2.05. The number of aryl methyl sites for hydroxylation is 3. The van der Waals surface area contributed by atoms with Gasteiger partial charge < -0.3 is 22.1 Å². The minimum atomic E-state index is 0.602. The van der Waals surface area contributed by atoms with Crippen LogP contribution in [0.1, 0.15) is 166 Å². The normalized spacial score (nSPS) is 13.1. The summed E-state index contributed by atoms with van der Waals surface area (Å²) in [6, 6.07) is 150. The van der Waals surface area contributed by atoms with E-state index in [1.807, 2.05) is 0 Å². The van der Waals surface area contributed by atoms with Gasteiger partial charge in [0.05, 0.1) is 0 Å². The monoisotopic (exact) mass is 1840 g/mol. The number of para-hydroxylation sites is 5. The predicted molar refractivity (Wildman–Crippen MR) is 598 cm³/mol. The molecule has 0 radical (unpaired) electrons. The molecule has 5 nitrogen and oxygen atoms in total. The molecule has 5 heterocycles. The Hall–Kier alpha value is -16.1. The van der Waals surface area contributed by atoms with Crippen molar-refractivity contribution < 1.29 is 22.1 Å². The van der Waals surface area contributed by atoms with Crippen molar-refractivity contribution in [2.45, 2.75) is 135 Å². The number of hydrogen-bond donors (Lipinski definition) is 0. The molecule has 0 spiro atoms. The summed E-state index contributed by atoms with van der Waals surface area (Å²) < 4.78 is 33.0. The minimum absolute atomic E-state index is 0.602. The van der Waals surface area contributed by atoms with Crippen molar-refractivity contribution in [2.75, 3.05) is 0 Å². The third kappa shape index (κ3) is 17.3. The zero-order valence-electron chi connectivity index (χ0n) is 80.8. The van der Waals surface area contributed by atoms with Crippen LogP contribution in [0.2, 0.25) is 0 Å². The van der Waals surface area contributed by atoms with Crippen LogP contribution in [0.15, 0.2) is 441 Å². The van der Waals surface area contributed by atoms with E-state index in [-0.39, 0.29) is 0 Å². The topological polar surface area (TPSA) is 65.7 Å². The SMILES string of the molecule is CCc1cccc2c1oc1c(Cc3ccccc3)c3ccccc3cc12.Cc1ccc(Cc2cccc3c2oc2ccc4ccccc4c23)cc1.Cc1ccccc1Cc1cccc2c1oc1c(-c3ccccc3)cc3ccccc3c12.c1ccc(Cc2c3ccccc3cc3c2oc2c(C4CCCCC4)cccc23)cc1.c1ccc(Cc2cccc3c2oc2c(C4CCCCC4)c4ccccc4cc23)cc1. The molecule has 21 aromatic carbocycles. The van der Waals surface area contributed by atoms with Gasteiger partial charge in [0.1, 0.15) is 55.8 Å². The van der Waals surface area contributed by atoms with E-state index in [1.54, 1.807) is 0 Å². The molecule has 142 heavy (non-hydrogen) atoms. The fraction of sp³-hybridized carbons (Fsp3) is 0.153. The molecule has 2 fully saturated rings. The number of fused-ring (bicyclic) bond motifs is 22. The highest BCUT2D eigenvalue weighted by atomic mass is 16.3. The van der Waals surface area contributed by atoms with E-state index in [4.69, 9.17) is 22.1 Å². The van der Waals surface area contributed by atoms with Crippen molar-refractivity contribution in [1.29, 1.82) is 0 Å². The summed E-state index contributed by atoms with van der Waals surface area (Å²) in [5.41, 5.74) is 32.3. The van der Waals surface area contributed by atoms with Crippen LogP contribution in [0, 0.1) is 13.8 Å². The zero-order chi connectivity index (χ0) is 94.9. The highest BCUT2D eigenvalue weighted by molar-refractivity contribution is 6.24. The van der Waals surface area contributed by atoms with Crippen molar-refractivity contribution in [3.05, 3.63) is 502 Å². The van der Waals surface area contributed by atoms with Gasteiger partial charge >= 0.3 is 0 Å². The Kier molecular flexibility index (Phi) is 24.5. The zero-order valence-corrected chi connectivity index (χ0v) is 80.8. The number of furan rings is 5. The van der Waals surface area contributed by atoms with Crippen molar-refractivity contribution in [2.24, 2.45) is 0 Å². The van der Waals surface area contributed by atoms with Crippen LogP contribution in [0.25, 0.3) is 175 Å². The first kappa shape index (κ1) is 88.6. The Labute approximate surface area is 828 Å².